The zero-order valence-corrected chi connectivity index (χ0v) is 15.4. The molecule has 1 unspecified atom stereocenters. The number of nitrogens with two attached hydrogens (primary N) is 1. The molecule has 3 rings (SSSR count). The van der Waals surface area contributed by atoms with E-state index in [2.05, 4.69) is 10.3 Å². The van der Waals surface area contributed by atoms with Gasteiger partial charge in [0.25, 0.3) is 5.91 Å². The van der Waals surface area contributed by atoms with Crippen LogP contribution in [0.3, 0.4) is 0 Å². The molecule has 3 N–H and O–H groups in total. The van der Waals surface area contributed by atoms with Gasteiger partial charge in [0.2, 0.25) is 5.91 Å². The summed E-state index contributed by atoms with van der Waals surface area (Å²) in [4.78, 5) is 30.6. The Kier molecular flexibility index (Phi) is 5.90. The van der Waals surface area contributed by atoms with Crippen LogP contribution in [0.2, 0.25) is 0 Å². The Balaban J connectivity index is 1.59. The van der Waals surface area contributed by atoms with Crippen molar-refractivity contribution in [2.24, 2.45) is 0 Å². The summed E-state index contributed by atoms with van der Waals surface area (Å²) in [5.74, 6) is 1.06. The van der Waals surface area contributed by atoms with Crippen LogP contribution in [0.5, 0.6) is 5.75 Å². The van der Waals surface area contributed by atoms with Crippen molar-refractivity contribution in [1.82, 2.24) is 15.2 Å². The number of nitrogens with zero attached hydrogens (tertiary/aromatic N) is 2. The van der Waals surface area contributed by atoms with E-state index in [1.54, 1.807) is 19.2 Å². The Morgan fingerprint density at radius 1 is 1.33 bits per heavy atom. The molecule has 1 aromatic heterocycles. The predicted molar refractivity (Wildman–Crippen MR) is 102 cm³/mol. The van der Waals surface area contributed by atoms with E-state index in [9.17, 15) is 9.59 Å². The van der Waals surface area contributed by atoms with Crippen molar-refractivity contribution in [2.75, 3.05) is 19.4 Å². The fourth-order valence-electron chi connectivity index (χ4n) is 3.15. The first-order valence-electron chi connectivity index (χ1n) is 8.98. The smallest absolute Gasteiger partial charge is 0.253 e. The standard InChI is InChI=1S/C20H24N4O3/c1-27-17-4-2-3-14(11-17)13-24-10-9-16(6-8-19(24)25)23-20(26)15-5-7-18(21)22-12-15/h2-5,7,11-12,16H,6,8-10,13H2,1H3,(H2,21,22)(H,23,26). The highest BCUT2D eigenvalue weighted by Gasteiger charge is 2.24. The molecular weight excluding hydrogens is 344 g/mol. The molecule has 27 heavy (non-hydrogen) atoms. The minimum atomic E-state index is -0.193. The number of carbonyl (C=O) groups is 2. The van der Waals surface area contributed by atoms with E-state index >= 15 is 0 Å². The number of nitrogens with one attached hydrogen (secondary N) is 1. The maximum Gasteiger partial charge on any atom is 0.253 e. The molecule has 142 valence electrons. The third-order valence-electron chi connectivity index (χ3n) is 4.70. The van der Waals surface area contributed by atoms with Crippen LogP contribution in [0.4, 0.5) is 5.82 Å². The van der Waals surface area contributed by atoms with E-state index < -0.39 is 0 Å². The Hall–Kier alpha value is -3.09. The minimum Gasteiger partial charge on any atom is -0.497 e. The van der Waals surface area contributed by atoms with Gasteiger partial charge < -0.3 is 20.7 Å². The number of anilines is 1. The summed E-state index contributed by atoms with van der Waals surface area (Å²) in [6.45, 7) is 1.14. The lowest BCUT2D eigenvalue weighted by atomic mass is 10.1. The molecule has 0 aliphatic carbocycles. The van der Waals surface area contributed by atoms with Crippen molar-refractivity contribution < 1.29 is 14.3 Å². The molecule has 0 spiro atoms. The van der Waals surface area contributed by atoms with E-state index in [1.165, 1.54) is 6.20 Å². The molecule has 1 aliphatic rings. The summed E-state index contributed by atoms with van der Waals surface area (Å²) in [6, 6.07) is 10.9. The van der Waals surface area contributed by atoms with Crippen molar-refractivity contribution in [3.63, 3.8) is 0 Å². The third-order valence-corrected chi connectivity index (χ3v) is 4.70. The quantitative estimate of drug-likeness (QED) is 0.841. The highest BCUT2D eigenvalue weighted by molar-refractivity contribution is 5.94. The largest absolute Gasteiger partial charge is 0.497 e. The molecule has 1 aromatic carbocycles. The van der Waals surface area contributed by atoms with Crippen LogP contribution in [0.25, 0.3) is 0 Å². The SMILES string of the molecule is COc1cccc(CN2CCC(NC(=O)c3ccc(N)nc3)CCC2=O)c1. The van der Waals surface area contributed by atoms with Crippen LogP contribution in [0, 0.1) is 0 Å². The van der Waals surface area contributed by atoms with Crippen LogP contribution < -0.4 is 15.8 Å². The van der Waals surface area contributed by atoms with Crippen molar-refractivity contribution in [3.05, 3.63) is 53.7 Å². The molecule has 1 saturated heterocycles. The van der Waals surface area contributed by atoms with Crippen LogP contribution in [0.15, 0.2) is 42.6 Å². The molecule has 1 aliphatic heterocycles. The molecular formula is C20H24N4O3. The van der Waals surface area contributed by atoms with Gasteiger partial charge in [-0.1, -0.05) is 12.1 Å². The first-order valence-corrected chi connectivity index (χ1v) is 8.98. The van der Waals surface area contributed by atoms with Gasteiger partial charge in [-0.3, -0.25) is 9.59 Å². The van der Waals surface area contributed by atoms with E-state index in [0.717, 1.165) is 11.3 Å². The number of rotatable bonds is 5. The van der Waals surface area contributed by atoms with Crippen LogP contribution >= 0.6 is 0 Å². The number of hydrogen-bond acceptors (Lipinski definition) is 5. The van der Waals surface area contributed by atoms with Crippen molar-refractivity contribution in [3.8, 4) is 5.75 Å². The highest BCUT2D eigenvalue weighted by atomic mass is 16.5. The molecule has 1 atom stereocenters. The van der Waals surface area contributed by atoms with E-state index in [-0.39, 0.29) is 17.9 Å². The summed E-state index contributed by atoms with van der Waals surface area (Å²) in [5.41, 5.74) is 7.04. The van der Waals surface area contributed by atoms with Crippen molar-refractivity contribution >= 4 is 17.6 Å². The summed E-state index contributed by atoms with van der Waals surface area (Å²) < 4.78 is 5.24. The fraction of sp³-hybridized carbons (Fsp3) is 0.350. The number of methoxy groups -OCH3 is 1. The summed E-state index contributed by atoms with van der Waals surface area (Å²) in [7, 11) is 1.63. The number of amides is 2. The Morgan fingerprint density at radius 3 is 2.93 bits per heavy atom. The maximum atomic E-state index is 12.5. The van der Waals surface area contributed by atoms with Gasteiger partial charge in [-0.15, -0.1) is 0 Å². The van der Waals surface area contributed by atoms with E-state index in [0.29, 0.717) is 43.7 Å². The topological polar surface area (TPSA) is 97.6 Å². The molecule has 0 saturated carbocycles. The second-order valence-electron chi connectivity index (χ2n) is 6.64. The number of carbonyl (C=O) groups excluding carboxylic acids is 2. The summed E-state index contributed by atoms with van der Waals surface area (Å²) in [6.07, 6.45) is 3.21. The van der Waals surface area contributed by atoms with Crippen LogP contribution in [0.1, 0.15) is 35.2 Å². The predicted octanol–water partition coefficient (Wildman–Crippen LogP) is 1.98. The number of benzene rings is 1. The highest BCUT2D eigenvalue weighted by Crippen LogP contribution is 2.18. The number of nitrogen functional groups attached to an aromatic ring is 1. The van der Waals surface area contributed by atoms with Crippen LogP contribution in [-0.4, -0.2) is 41.4 Å². The average molecular weight is 368 g/mol. The van der Waals surface area contributed by atoms with Crippen LogP contribution in [-0.2, 0) is 11.3 Å². The third kappa shape index (κ3) is 4.97. The lowest BCUT2D eigenvalue weighted by molar-refractivity contribution is -0.131. The van der Waals surface area contributed by atoms with Gasteiger partial charge >= 0.3 is 0 Å². The molecule has 2 amide bonds. The van der Waals surface area contributed by atoms with Crippen molar-refractivity contribution in [1.29, 1.82) is 0 Å². The van der Waals surface area contributed by atoms with Gasteiger partial charge in [-0.2, -0.15) is 0 Å². The van der Waals surface area contributed by atoms with Gasteiger partial charge in [0.15, 0.2) is 0 Å². The first kappa shape index (κ1) is 18.7. The maximum absolute atomic E-state index is 12.5. The van der Waals surface area contributed by atoms with Gasteiger partial charge in [0.05, 0.1) is 12.7 Å². The fourth-order valence-corrected chi connectivity index (χ4v) is 3.15. The summed E-state index contributed by atoms with van der Waals surface area (Å²) in [5, 5.41) is 3.00. The molecule has 0 bridgehead atoms. The van der Waals surface area contributed by atoms with E-state index in [4.69, 9.17) is 10.5 Å². The molecule has 7 heteroatoms. The van der Waals surface area contributed by atoms with Gasteiger partial charge in [-0.05, 0) is 42.7 Å². The monoisotopic (exact) mass is 368 g/mol. The first-order chi connectivity index (χ1) is 13.0. The molecule has 2 heterocycles. The van der Waals surface area contributed by atoms with Gasteiger partial charge in [0, 0.05) is 31.7 Å². The van der Waals surface area contributed by atoms with E-state index in [1.807, 2.05) is 29.2 Å². The second-order valence-corrected chi connectivity index (χ2v) is 6.64. The minimum absolute atomic E-state index is 0.0469. The lowest BCUT2D eigenvalue weighted by Gasteiger charge is -2.21. The van der Waals surface area contributed by atoms with Gasteiger partial charge in [-0.25, -0.2) is 4.98 Å². The van der Waals surface area contributed by atoms with Crippen molar-refractivity contribution in [2.45, 2.75) is 31.8 Å². The average Bonchev–Trinajstić information content (AvgIpc) is 2.85. The molecule has 2 aromatic rings. The number of hydrogen-bond donors (Lipinski definition) is 2. The Labute approximate surface area is 158 Å². The molecule has 0 radical (unpaired) electrons. The molecule has 7 nitrogen and oxygen atoms in total. The second kappa shape index (κ2) is 8.53. The van der Waals surface area contributed by atoms with Gasteiger partial charge in [0.1, 0.15) is 11.6 Å². The Bertz CT molecular complexity index is 807. The normalized spacial score (nSPS) is 17.3. The zero-order valence-electron chi connectivity index (χ0n) is 15.4. The Morgan fingerprint density at radius 2 is 2.19 bits per heavy atom. The lowest BCUT2D eigenvalue weighted by Crippen LogP contribution is -2.36. The number of ether oxygens (including phenoxy) is 1. The number of likely N-dealkylation sites (tertiary alicyclic amines) is 1. The number of pyridine rings is 1. The summed E-state index contributed by atoms with van der Waals surface area (Å²) >= 11 is 0. The molecule has 1 fully saturated rings. The zero-order chi connectivity index (χ0) is 19.2. The number of aromatic nitrogens is 1.